The number of nitrogens with two attached hydrogens (primary N) is 6. The summed E-state index contributed by atoms with van der Waals surface area (Å²) in [6.07, 6.45) is -14.0. The largest absolute Gasteiger partial charge is 0.394 e. The SMILES string of the molecule is NC[C@@H]1O[C@H](O[C@H]2[C@@H](O)[C@H](O[C@@H]3[C@@H](O)[C@H](N)C[C@H](N)[C@H]3O[C@H]3O[C@H]([C@@H](N)c4ccccc4)CC[C@H]3N)O[C@@H]2CO)[C@H](N)[C@@H](O)[C@@H]1O. The van der Waals surface area contributed by atoms with E-state index in [9.17, 15) is 25.5 Å². The zero-order valence-electron chi connectivity index (χ0n) is 25.5. The highest BCUT2D eigenvalue weighted by Crippen LogP contribution is 2.35. The van der Waals surface area contributed by atoms with Crippen molar-refractivity contribution < 1.29 is 54.0 Å². The third kappa shape index (κ3) is 7.41. The number of benzene rings is 1. The Labute approximate surface area is 266 Å². The van der Waals surface area contributed by atoms with E-state index in [0.29, 0.717) is 12.8 Å². The second-order valence-corrected chi connectivity index (χ2v) is 12.6. The number of ether oxygens (including phenoxy) is 6. The Morgan fingerprint density at radius 3 is 2.02 bits per heavy atom. The summed E-state index contributed by atoms with van der Waals surface area (Å²) in [5.41, 5.74) is 38.2. The van der Waals surface area contributed by atoms with Crippen LogP contribution >= 0.6 is 0 Å². The van der Waals surface area contributed by atoms with Gasteiger partial charge in [-0.1, -0.05) is 30.3 Å². The number of aliphatic hydroxyl groups excluding tert-OH is 5. The highest BCUT2D eigenvalue weighted by molar-refractivity contribution is 5.20. The molecule has 3 saturated heterocycles. The smallest absolute Gasteiger partial charge is 0.187 e. The first-order chi connectivity index (χ1) is 21.9. The van der Waals surface area contributed by atoms with Gasteiger partial charge in [-0.15, -0.1) is 0 Å². The molecule has 0 radical (unpaired) electrons. The quantitative estimate of drug-likeness (QED) is 0.112. The maximum Gasteiger partial charge on any atom is 0.187 e. The lowest BCUT2D eigenvalue weighted by Crippen LogP contribution is -2.65. The lowest BCUT2D eigenvalue weighted by molar-refractivity contribution is -0.290. The molecule has 0 bridgehead atoms. The van der Waals surface area contributed by atoms with E-state index >= 15 is 0 Å². The van der Waals surface area contributed by atoms with Gasteiger partial charge in [-0.3, -0.25) is 0 Å². The van der Waals surface area contributed by atoms with Crippen molar-refractivity contribution >= 4 is 0 Å². The molecular formula is C29H50N6O11. The minimum atomic E-state index is -1.54. The summed E-state index contributed by atoms with van der Waals surface area (Å²) in [6, 6.07) is 5.80. The van der Waals surface area contributed by atoms with Crippen LogP contribution in [0, 0.1) is 0 Å². The lowest BCUT2D eigenvalue weighted by atomic mass is 9.84. The summed E-state index contributed by atoms with van der Waals surface area (Å²) in [4.78, 5) is 0. The monoisotopic (exact) mass is 658 g/mol. The normalized spacial score (nSPS) is 47.5. The molecule has 3 aliphatic heterocycles. The Hall–Kier alpha value is -1.46. The molecule has 1 aliphatic carbocycles. The fourth-order valence-corrected chi connectivity index (χ4v) is 6.59. The van der Waals surface area contributed by atoms with Gasteiger partial charge in [0, 0.05) is 18.6 Å². The third-order valence-corrected chi connectivity index (χ3v) is 9.42. The molecule has 17 nitrogen and oxygen atoms in total. The highest BCUT2D eigenvalue weighted by Gasteiger charge is 2.53. The molecule has 1 aromatic rings. The Balaban J connectivity index is 1.29. The van der Waals surface area contributed by atoms with Gasteiger partial charge in [0.15, 0.2) is 18.9 Å². The summed E-state index contributed by atoms with van der Waals surface area (Å²) >= 11 is 0. The number of aliphatic hydroxyl groups is 5. The highest BCUT2D eigenvalue weighted by atomic mass is 16.8. The molecule has 18 atom stereocenters. The summed E-state index contributed by atoms with van der Waals surface area (Å²) < 4.78 is 36.0. The molecule has 5 rings (SSSR count). The van der Waals surface area contributed by atoms with Gasteiger partial charge in [-0.2, -0.15) is 0 Å². The maximum absolute atomic E-state index is 11.2. The molecule has 0 amide bonds. The van der Waals surface area contributed by atoms with Crippen molar-refractivity contribution in [3.8, 4) is 0 Å². The predicted molar refractivity (Wildman–Crippen MR) is 160 cm³/mol. The first-order valence-corrected chi connectivity index (χ1v) is 15.7. The van der Waals surface area contributed by atoms with Crippen LogP contribution in [0.5, 0.6) is 0 Å². The fourth-order valence-electron chi connectivity index (χ4n) is 6.59. The van der Waals surface area contributed by atoms with E-state index in [4.69, 9.17) is 62.8 Å². The average Bonchev–Trinajstić information content (AvgIpc) is 3.35. The van der Waals surface area contributed by atoms with E-state index < -0.39 is 117 Å². The zero-order chi connectivity index (χ0) is 33.3. The zero-order valence-corrected chi connectivity index (χ0v) is 25.5. The summed E-state index contributed by atoms with van der Waals surface area (Å²) in [5.74, 6) is 0. The van der Waals surface area contributed by atoms with Gasteiger partial charge in [-0.25, -0.2) is 0 Å². The van der Waals surface area contributed by atoms with Crippen molar-refractivity contribution in [3.63, 3.8) is 0 Å². The third-order valence-electron chi connectivity index (χ3n) is 9.42. The van der Waals surface area contributed by atoms with E-state index in [1.807, 2.05) is 30.3 Å². The standard InChI is InChI=1S/C29H50N6O11/c30-9-16-21(38)22(39)19(35)28(42-16)45-25-17(10-36)43-29(23(25)40)46-26-20(37)13(32)8-14(33)24(26)44-27-12(31)6-7-15(41-27)18(34)11-4-2-1-3-5-11/h1-5,12-29,36-40H,6-10,30-35H2/t12-,13-,14+,15+,16+,17-,18+,19-,20+,21-,22-,23-,24-,25-,26-,27-,28-,29+/m1/s1. The van der Waals surface area contributed by atoms with Crippen LogP contribution in [0.4, 0.5) is 0 Å². The van der Waals surface area contributed by atoms with Gasteiger partial charge in [0.05, 0.1) is 36.9 Å². The van der Waals surface area contributed by atoms with Crippen LogP contribution in [0.1, 0.15) is 30.9 Å². The number of rotatable bonds is 10. The molecular weight excluding hydrogens is 608 g/mol. The molecule has 0 spiro atoms. The molecule has 0 unspecified atom stereocenters. The second-order valence-electron chi connectivity index (χ2n) is 12.6. The molecule has 1 aromatic carbocycles. The van der Waals surface area contributed by atoms with Crippen molar-refractivity contribution in [1.82, 2.24) is 0 Å². The molecule has 1 saturated carbocycles. The second kappa shape index (κ2) is 15.4. The lowest BCUT2D eigenvalue weighted by Gasteiger charge is -2.46. The van der Waals surface area contributed by atoms with Crippen molar-refractivity contribution in [3.05, 3.63) is 35.9 Å². The van der Waals surface area contributed by atoms with Gasteiger partial charge in [0.2, 0.25) is 0 Å². The minimum Gasteiger partial charge on any atom is -0.394 e. The van der Waals surface area contributed by atoms with Crippen molar-refractivity contribution in [1.29, 1.82) is 0 Å². The van der Waals surface area contributed by atoms with Gasteiger partial charge in [-0.05, 0) is 24.8 Å². The van der Waals surface area contributed by atoms with Gasteiger partial charge >= 0.3 is 0 Å². The van der Waals surface area contributed by atoms with Gasteiger partial charge in [0.25, 0.3) is 0 Å². The number of hydrogen-bond donors (Lipinski definition) is 11. The van der Waals surface area contributed by atoms with Crippen LogP contribution in [0.25, 0.3) is 0 Å². The van der Waals surface area contributed by atoms with Crippen LogP contribution in [-0.2, 0) is 28.4 Å². The maximum atomic E-state index is 11.2. The summed E-state index contributed by atoms with van der Waals surface area (Å²) in [5, 5.41) is 53.0. The minimum absolute atomic E-state index is 0.140. The van der Waals surface area contributed by atoms with Gasteiger partial charge in [0.1, 0.15) is 48.8 Å². The fraction of sp³-hybridized carbons (Fsp3) is 0.793. The molecule has 3 heterocycles. The van der Waals surface area contributed by atoms with E-state index in [2.05, 4.69) is 0 Å². The Morgan fingerprint density at radius 2 is 1.35 bits per heavy atom. The summed E-state index contributed by atoms with van der Waals surface area (Å²) in [6.45, 7) is -0.743. The molecule has 4 fully saturated rings. The van der Waals surface area contributed by atoms with Crippen molar-refractivity contribution in [2.24, 2.45) is 34.4 Å². The topological polar surface area (TPSA) is 313 Å². The molecule has 4 aliphatic rings. The predicted octanol–water partition coefficient (Wildman–Crippen LogP) is -5.10. The Kier molecular flexibility index (Phi) is 12.0. The first-order valence-electron chi connectivity index (χ1n) is 15.7. The molecule has 46 heavy (non-hydrogen) atoms. The van der Waals surface area contributed by atoms with E-state index in [0.717, 1.165) is 5.56 Å². The number of hydrogen-bond acceptors (Lipinski definition) is 17. The Bertz CT molecular complexity index is 1100. The van der Waals surface area contributed by atoms with E-state index in [-0.39, 0.29) is 13.0 Å². The molecule has 17 heteroatoms. The van der Waals surface area contributed by atoms with E-state index in [1.165, 1.54) is 0 Å². The summed E-state index contributed by atoms with van der Waals surface area (Å²) in [7, 11) is 0. The van der Waals surface area contributed by atoms with Crippen LogP contribution in [0.2, 0.25) is 0 Å². The first kappa shape index (κ1) is 35.8. The van der Waals surface area contributed by atoms with Crippen LogP contribution in [-0.4, -0.2) is 143 Å². The van der Waals surface area contributed by atoms with Gasteiger partial charge < -0.3 is 88.4 Å². The van der Waals surface area contributed by atoms with Crippen LogP contribution < -0.4 is 34.4 Å². The van der Waals surface area contributed by atoms with Crippen LogP contribution in [0.3, 0.4) is 0 Å². The van der Waals surface area contributed by atoms with Crippen LogP contribution in [0.15, 0.2) is 30.3 Å². The molecule has 17 N–H and O–H groups in total. The average molecular weight is 659 g/mol. The van der Waals surface area contributed by atoms with Crippen molar-refractivity contribution in [2.75, 3.05) is 13.2 Å². The molecule has 262 valence electrons. The Morgan fingerprint density at radius 1 is 0.696 bits per heavy atom. The molecule has 0 aromatic heterocycles. The van der Waals surface area contributed by atoms with Crippen molar-refractivity contribution in [2.45, 2.75) is 129 Å². The van der Waals surface area contributed by atoms with E-state index in [1.54, 1.807) is 0 Å².